The third-order valence-electron chi connectivity index (χ3n) is 1.96. The SMILES string of the molecule is Cc1[nH]c(=O)c(C(N)=O)c(C)c1N. The van der Waals surface area contributed by atoms with Crippen LogP contribution >= 0.6 is 0 Å². The largest absolute Gasteiger partial charge is 0.397 e. The minimum absolute atomic E-state index is 0.0666. The topological polar surface area (TPSA) is 102 Å². The number of pyridine rings is 1. The zero-order valence-electron chi connectivity index (χ0n) is 7.47. The lowest BCUT2D eigenvalue weighted by molar-refractivity contribution is 0.0998. The van der Waals surface area contributed by atoms with Gasteiger partial charge in [0.05, 0.1) is 5.69 Å². The lowest BCUT2D eigenvalue weighted by atomic mass is 10.1. The van der Waals surface area contributed by atoms with Crippen molar-refractivity contribution in [3.63, 3.8) is 0 Å². The smallest absolute Gasteiger partial charge is 0.261 e. The normalized spacial score (nSPS) is 10.0. The number of hydrogen-bond donors (Lipinski definition) is 3. The summed E-state index contributed by atoms with van der Waals surface area (Å²) in [4.78, 5) is 24.5. The zero-order chi connectivity index (χ0) is 10.2. The van der Waals surface area contributed by atoms with Gasteiger partial charge in [0.15, 0.2) is 0 Å². The zero-order valence-corrected chi connectivity index (χ0v) is 7.47. The summed E-state index contributed by atoms with van der Waals surface area (Å²) in [6, 6.07) is 0. The quantitative estimate of drug-likeness (QED) is 0.552. The molecule has 1 rings (SSSR count). The molecule has 0 atom stereocenters. The Labute approximate surface area is 74.7 Å². The summed E-state index contributed by atoms with van der Waals surface area (Å²) < 4.78 is 0. The molecule has 5 N–H and O–H groups in total. The van der Waals surface area contributed by atoms with Gasteiger partial charge in [-0.2, -0.15) is 0 Å². The lowest BCUT2D eigenvalue weighted by Gasteiger charge is -2.06. The molecule has 0 aliphatic heterocycles. The van der Waals surface area contributed by atoms with Crippen LogP contribution in [0.3, 0.4) is 0 Å². The molecule has 0 aromatic carbocycles. The number of primary amides is 1. The maximum atomic E-state index is 11.2. The summed E-state index contributed by atoms with van der Waals surface area (Å²) >= 11 is 0. The summed E-state index contributed by atoms with van der Waals surface area (Å²) in [6.45, 7) is 3.26. The van der Waals surface area contributed by atoms with Gasteiger partial charge in [-0.15, -0.1) is 0 Å². The summed E-state index contributed by atoms with van der Waals surface area (Å²) in [5, 5.41) is 0. The minimum Gasteiger partial charge on any atom is -0.397 e. The predicted octanol–water partition coefficient (Wildman–Crippen LogP) is -0.327. The van der Waals surface area contributed by atoms with E-state index in [4.69, 9.17) is 11.5 Å². The molecular weight excluding hydrogens is 170 g/mol. The Bertz CT molecular complexity index is 420. The fraction of sp³-hybridized carbons (Fsp3) is 0.250. The maximum Gasteiger partial charge on any atom is 0.261 e. The molecule has 0 radical (unpaired) electrons. The van der Waals surface area contributed by atoms with E-state index in [0.717, 1.165) is 0 Å². The molecule has 1 aromatic rings. The number of nitrogens with two attached hydrogens (primary N) is 2. The van der Waals surface area contributed by atoms with E-state index < -0.39 is 11.5 Å². The van der Waals surface area contributed by atoms with Gasteiger partial charge in [-0.05, 0) is 19.4 Å². The summed E-state index contributed by atoms with van der Waals surface area (Å²) in [7, 11) is 0. The number of aromatic nitrogens is 1. The minimum atomic E-state index is -0.759. The maximum absolute atomic E-state index is 11.2. The number of hydrogen-bond acceptors (Lipinski definition) is 3. The molecule has 1 aromatic heterocycles. The number of anilines is 1. The lowest BCUT2D eigenvalue weighted by Crippen LogP contribution is -2.26. The van der Waals surface area contributed by atoms with E-state index in [-0.39, 0.29) is 5.56 Å². The summed E-state index contributed by atoms with van der Waals surface area (Å²) in [5.74, 6) is -0.759. The first-order valence-electron chi connectivity index (χ1n) is 3.74. The van der Waals surface area contributed by atoms with Crippen molar-refractivity contribution in [2.24, 2.45) is 5.73 Å². The van der Waals surface area contributed by atoms with Crippen LogP contribution in [0.1, 0.15) is 21.6 Å². The van der Waals surface area contributed by atoms with Crippen LogP contribution in [0.5, 0.6) is 0 Å². The molecule has 0 bridgehead atoms. The van der Waals surface area contributed by atoms with Gasteiger partial charge in [-0.1, -0.05) is 0 Å². The van der Waals surface area contributed by atoms with E-state index in [9.17, 15) is 9.59 Å². The van der Waals surface area contributed by atoms with Gasteiger partial charge >= 0.3 is 0 Å². The average Bonchev–Trinajstić information content (AvgIpc) is 1.99. The van der Waals surface area contributed by atoms with E-state index in [1.54, 1.807) is 13.8 Å². The van der Waals surface area contributed by atoms with Crippen LogP contribution in [0.25, 0.3) is 0 Å². The van der Waals surface area contributed by atoms with E-state index >= 15 is 0 Å². The van der Waals surface area contributed by atoms with Gasteiger partial charge < -0.3 is 16.5 Å². The first-order valence-corrected chi connectivity index (χ1v) is 3.74. The van der Waals surface area contributed by atoms with Crippen molar-refractivity contribution < 1.29 is 4.79 Å². The molecule has 0 unspecified atom stereocenters. The number of rotatable bonds is 1. The Morgan fingerprint density at radius 1 is 1.38 bits per heavy atom. The van der Waals surface area contributed by atoms with Gasteiger partial charge in [0.1, 0.15) is 5.56 Å². The molecule has 0 aliphatic carbocycles. The van der Waals surface area contributed by atoms with E-state index in [1.807, 2.05) is 0 Å². The number of nitrogen functional groups attached to an aromatic ring is 1. The van der Waals surface area contributed by atoms with Crippen LogP contribution in [-0.4, -0.2) is 10.9 Å². The number of carbonyl (C=O) groups excluding carboxylic acids is 1. The van der Waals surface area contributed by atoms with Crippen molar-refractivity contribution in [1.82, 2.24) is 4.98 Å². The first kappa shape index (κ1) is 9.31. The molecule has 0 spiro atoms. The number of carbonyl (C=O) groups is 1. The van der Waals surface area contributed by atoms with Crippen LogP contribution in [0, 0.1) is 13.8 Å². The molecule has 0 saturated heterocycles. The first-order chi connectivity index (χ1) is 5.95. The average molecular weight is 181 g/mol. The predicted molar refractivity (Wildman–Crippen MR) is 49.5 cm³/mol. The molecular formula is C8H11N3O2. The standard InChI is InChI=1S/C8H11N3O2/c1-3-5(7(10)12)8(13)11-4(2)6(3)9/h9H2,1-2H3,(H2,10,12)(H,11,13). The Balaban J connectivity index is 3.63. The van der Waals surface area contributed by atoms with Crippen molar-refractivity contribution >= 4 is 11.6 Å². The van der Waals surface area contributed by atoms with Gasteiger partial charge in [0.25, 0.3) is 11.5 Å². The Hall–Kier alpha value is -1.78. The van der Waals surface area contributed by atoms with E-state index in [2.05, 4.69) is 4.98 Å². The Morgan fingerprint density at radius 2 is 1.92 bits per heavy atom. The highest BCUT2D eigenvalue weighted by molar-refractivity contribution is 5.95. The van der Waals surface area contributed by atoms with Crippen LogP contribution < -0.4 is 17.0 Å². The monoisotopic (exact) mass is 181 g/mol. The van der Waals surface area contributed by atoms with Crippen LogP contribution in [0.4, 0.5) is 5.69 Å². The van der Waals surface area contributed by atoms with Gasteiger partial charge in [0, 0.05) is 5.69 Å². The number of amides is 1. The highest BCUT2D eigenvalue weighted by Crippen LogP contribution is 2.14. The number of aryl methyl sites for hydroxylation is 1. The van der Waals surface area contributed by atoms with Gasteiger partial charge in [0.2, 0.25) is 0 Å². The molecule has 5 heteroatoms. The molecule has 5 nitrogen and oxygen atoms in total. The fourth-order valence-corrected chi connectivity index (χ4v) is 1.18. The molecule has 70 valence electrons. The highest BCUT2D eigenvalue weighted by atomic mass is 16.2. The second kappa shape index (κ2) is 2.93. The Morgan fingerprint density at radius 3 is 2.38 bits per heavy atom. The molecule has 1 amide bonds. The van der Waals surface area contributed by atoms with Crippen molar-refractivity contribution in [3.8, 4) is 0 Å². The molecule has 1 heterocycles. The molecule has 0 fully saturated rings. The van der Waals surface area contributed by atoms with Crippen molar-refractivity contribution in [1.29, 1.82) is 0 Å². The third-order valence-corrected chi connectivity index (χ3v) is 1.96. The Kier molecular flexibility index (Phi) is 2.10. The molecule has 0 saturated carbocycles. The number of aromatic amines is 1. The molecule has 0 aliphatic rings. The third kappa shape index (κ3) is 1.40. The summed E-state index contributed by atoms with van der Waals surface area (Å²) in [6.07, 6.45) is 0. The van der Waals surface area contributed by atoms with Gasteiger partial charge in [-0.3, -0.25) is 9.59 Å². The summed E-state index contributed by atoms with van der Waals surface area (Å²) in [5.41, 5.74) is 11.5. The second-order valence-corrected chi connectivity index (χ2v) is 2.86. The van der Waals surface area contributed by atoms with Crippen molar-refractivity contribution in [3.05, 3.63) is 27.2 Å². The van der Waals surface area contributed by atoms with Crippen LogP contribution in [0.2, 0.25) is 0 Å². The van der Waals surface area contributed by atoms with Gasteiger partial charge in [-0.25, -0.2) is 0 Å². The fourth-order valence-electron chi connectivity index (χ4n) is 1.18. The van der Waals surface area contributed by atoms with E-state index in [0.29, 0.717) is 16.9 Å². The van der Waals surface area contributed by atoms with Crippen molar-refractivity contribution in [2.75, 3.05) is 5.73 Å². The van der Waals surface area contributed by atoms with Crippen LogP contribution in [0.15, 0.2) is 4.79 Å². The highest BCUT2D eigenvalue weighted by Gasteiger charge is 2.13. The second-order valence-electron chi connectivity index (χ2n) is 2.86. The van der Waals surface area contributed by atoms with Crippen molar-refractivity contribution in [2.45, 2.75) is 13.8 Å². The van der Waals surface area contributed by atoms with E-state index in [1.165, 1.54) is 0 Å². The molecule has 13 heavy (non-hydrogen) atoms. The number of H-pyrrole nitrogens is 1. The van der Waals surface area contributed by atoms with Crippen LogP contribution in [-0.2, 0) is 0 Å². The number of nitrogens with one attached hydrogen (secondary N) is 1.